The van der Waals surface area contributed by atoms with E-state index in [2.05, 4.69) is 45.7 Å². The minimum Gasteiger partial charge on any atom is -0.369 e. The van der Waals surface area contributed by atoms with Crippen LogP contribution < -0.4 is 5.32 Å². The lowest BCUT2D eigenvalue weighted by atomic mass is 9.56. The van der Waals surface area contributed by atoms with E-state index in [1.165, 1.54) is 63.4 Å². The SMILES string of the molecule is C=C1C=C2CC[C@H]3[C@@H]4CC[C@@]5(CC(C)=C4C[C@@H]3[C@@]2(C)CC1)O[C@@H]1C[C@H](C)CN[C@H]1[C@H]5C. The summed E-state index contributed by atoms with van der Waals surface area (Å²) >= 11 is 0. The van der Waals surface area contributed by atoms with E-state index in [4.69, 9.17) is 4.74 Å². The summed E-state index contributed by atoms with van der Waals surface area (Å²) < 4.78 is 7.03. The fraction of sp³-hybridized carbons (Fsp3) is 0.793. The van der Waals surface area contributed by atoms with Gasteiger partial charge in [0.05, 0.1) is 11.7 Å². The van der Waals surface area contributed by atoms with Crippen molar-refractivity contribution in [3.8, 4) is 0 Å². The summed E-state index contributed by atoms with van der Waals surface area (Å²) in [6, 6.07) is 0.566. The van der Waals surface area contributed by atoms with Gasteiger partial charge in [-0.05, 0) is 100 Å². The molecule has 0 bridgehead atoms. The first-order valence-electron chi connectivity index (χ1n) is 13.3. The van der Waals surface area contributed by atoms with Crippen LogP contribution in [0.15, 0.2) is 34.9 Å². The number of hydrogen-bond donors (Lipinski definition) is 1. The molecule has 4 aliphatic carbocycles. The van der Waals surface area contributed by atoms with E-state index >= 15 is 0 Å². The van der Waals surface area contributed by atoms with Crippen LogP contribution in [0.3, 0.4) is 0 Å². The summed E-state index contributed by atoms with van der Waals surface area (Å²) in [4.78, 5) is 0. The van der Waals surface area contributed by atoms with Gasteiger partial charge in [-0.1, -0.05) is 55.7 Å². The Morgan fingerprint density at radius 1 is 1.16 bits per heavy atom. The molecule has 0 amide bonds. The second kappa shape index (κ2) is 7.07. The average Bonchev–Trinajstić information content (AvgIpc) is 3.19. The van der Waals surface area contributed by atoms with E-state index < -0.39 is 0 Å². The van der Waals surface area contributed by atoms with Gasteiger partial charge in [0.15, 0.2) is 0 Å². The first kappa shape index (κ1) is 20.7. The van der Waals surface area contributed by atoms with E-state index in [1.807, 2.05) is 5.57 Å². The maximum atomic E-state index is 7.03. The Labute approximate surface area is 190 Å². The largest absolute Gasteiger partial charge is 0.369 e. The lowest BCUT2D eigenvalue weighted by molar-refractivity contribution is -0.0720. The average molecular weight is 422 g/mol. The second-order valence-corrected chi connectivity index (χ2v) is 12.7. The van der Waals surface area contributed by atoms with E-state index in [1.54, 1.807) is 11.1 Å². The van der Waals surface area contributed by atoms with Gasteiger partial charge >= 0.3 is 0 Å². The number of piperidine rings is 1. The molecule has 6 aliphatic rings. The number of allylic oxidation sites excluding steroid dienone is 4. The summed E-state index contributed by atoms with van der Waals surface area (Å²) in [5.41, 5.74) is 7.15. The molecular formula is C29H43NO. The van der Waals surface area contributed by atoms with Crippen LogP contribution in [-0.4, -0.2) is 24.3 Å². The molecule has 0 aromatic carbocycles. The first-order chi connectivity index (χ1) is 14.8. The van der Waals surface area contributed by atoms with E-state index in [0.29, 0.717) is 23.5 Å². The molecule has 2 saturated carbocycles. The van der Waals surface area contributed by atoms with Gasteiger partial charge in [-0.2, -0.15) is 0 Å². The predicted molar refractivity (Wildman–Crippen MR) is 128 cm³/mol. The molecule has 6 rings (SSSR count). The van der Waals surface area contributed by atoms with Crippen molar-refractivity contribution in [1.82, 2.24) is 5.32 Å². The van der Waals surface area contributed by atoms with Gasteiger partial charge in [0.2, 0.25) is 0 Å². The van der Waals surface area contributed by atoms with Crippen LogP contribution in [-0.2, 0) is 4.74 Å². The van der Waals surface area contributed by atoms with Crippen molar-refractivity contribution in [2.75, 3.05) is 6.54 Å². The zero-order valence-electron chi connectivity index (χ0n) is 20.3. The highest BCUT2D eigenvalue weighted by atomic mass is 16.5. The lowest BCUT2D eigenvalue weighted by Gasteiger charge is -2.49. The fourth-order valence-electron chi connectivity index (χ4n) is 9.22. The van der Waals surface area contributed by atoms with Gasteiger partial charge in [0, 0.05) is 12.0 Å². The van der Waals surface area contributed by atoms with Crippen LogP contribution in [0.2, 0.25) is 0 Å². The first-order valence-corrected chi connectivity index (χ1v) is 13.3. The lowest BCUT2D eigenvalue weighted by Crippen LogP contribution is -2.48. The maximum absolute atomic E-state index is 7.03. The number of rotatable bonds is 0. The van der Waals surface area contributed by atoms with Crippen molar-refractivity contribution in [2.24, 2.45) is 35.0 Å². The van der Waals surface area contributed by atoms with Crippen molar-refractivity contribution in [2.45, 2.75) is 103 Å². The molecule has 2 heteroatoms. The molecule has 9 atom stereocenters. The fourth-order valence-corrected chi connectivity index (χ4v) is 9.22. The number of nitrogens with one attached hydrogen (secondary N) is 1. The van der Waals surface area contributed by atoms with Crippen molar-refractivity contribution in [3.05, 3.63) is 34.9 Å². The molecule has 2 aliphatic heterocycles. The summed E-state index contributed by atoms with van der Waals surface area (Å²) in [7, 11) is 0. The summed E-state index contributed by atoms with van der Waals surface area (Å²) in [5, 5.41) is 3.87. The Hall–Kier alpha value is -0.860. The van der Waals surface area contributed by atoms with Gasteiger partial charge in [0.1, 0.15) is 0 Å². The molecule has 2 saturated heterocycles. The van der Waals surface area contributed by atoms with Gasteiger partial charge < -0.3 is 10.1 Å². The van der Waals surface area contributed by atoms with Gasteiger partial charge in [-0.15, -0.1) is 0 Å². The van der Waals surface area contributed by atoms with E-state index in [9.17, 15) is 0 Å². The molecular weight excluding hydrogens is 378 g/mol. The summed E-state index contributed by atoms with van der Waals surface area (Å²) in [6.07, 6.45) is 14.5. The Bertz CT molecular complexity index is 853. The molecule has 0 unspecified atom stereocenters. The van der Waals surface area contributed by atoms with Crippen molar-refractivity contribution >= 4 is 0 Å². The highest BCUT2D eigenvalue weighted by Crippen LogP contribution is 2.64. The highest BCUT2D eigenvalue weighted by molar-refractivity contribution is 5.37. The molecule has 2 heterocycles. The standard InChI is InChI=1S/C29H43NO/c1-17-8-10-28(5)21(12-17)6-7-23-22-9-11-29(15-19(3)24(22)14-25(23)28)20(4)27-26(31-29)13-18(2)16-30-27/h12,18,20,22-23,25-27,30H,1,6-11,13-16H2,2-5H3/t18-,20+,22-,23-,25-,26+,27-,28-,29-/m0/s1. The molecule has 2 nitrogen and oxygen atoms in total. The predicted octanol–water partition coefficient (Wildman–Crippen LogP) is 6.59. The normalized spacial score (nSPS) is 51.7. The molecule has 4 fully saturated rings. The monoisotopic (exact) mass is 421 g/mol. The minimum atomic E-state index is 0.0789. The van der Waals surface area contributed by atoms with Crippen molar-refractivity contribution in [1.29, 1.82) is 0 Å². The Morgan fingerprint density at radius 2 is 2.00 bits per heavy atom. The van der Waals surface area contributed by atoms with Gasteiger partial charge in [-0.3, -0.25) is 0 Å². The topological polar surface area (TPSA) is 21.3 Å². The van der Waals surface area contributed by atoms with Crippen LogP contribution in [0.5, 0.6) is 0 Å². The van der Waals surface area contributed by atoms with E-state index in [-0.39, 0.29) is 5.60 Å². The van der Waals surface area contributed by atoms with Crippen LogP contribution in [0.25, 0.3) is 0 Å². The van der Waals surface area contributed by atoms with Crippen LogP contribution in [0.1, 0.15) is 85.5 Å². The van der Waals surface area contributed by atoms with Crippen molar-refractivity contribution < 1.29 is 4.74 Å². The van der Waals surface area contributed by atoms with E-state index in [0.717, 1.165) is 30.2 Å². The summed E-state index contributed by atoms with van der Waals surface area (Å²) in [6.45, 7) is 15.4. The van der Waals surface area contributed by atoms with Crippen LogP contribution in [0, 0.1) is 35.0 Å². The Balaban J connectivity index is 1.30. The van der Waals surface area contributed by atoms with Gasteiger partial charge in [-0.25, -0.2) is 0 Å². The Kier molecular flexibility index (Phi) is 4.73. The zero-order valence-corrected chi connectivity index (χ0v) is 20.3. The highest BCUT2D eigenvalue weighted by Gasteiger charge is 2.58. The molecule has 1 N–H and O–H groups in total. The quantitative estimate of drug-likeness (QED) is 0.446. The molecule has 0 aromatic heterocycles. The van der Waals surface area contributed by atoms with Crippen molar-refractivity contribution in [3.63, 3.8) is 0 Å². The third kappa shape index (κ3) is 2.96. The maximum Gasteiger partial charge on any atom is 0.0765 e. The molecule has 1 spiro atoms. The molecule has 0 radical (unpaired) electrons. The molecule has 170 valence electrons. The molecule has 31 heavy (non-hydrogen) atoms. The smallest absolute Gasteiger partial charge is 0.0765 e. The number of ether oxygens (including phenoxy) is 1. The second-order valence-electron chi connectivity index (χ2n) is 12.7. The minimum absolute atomic E-state index is 0.0789. The number of fused-ring (bicyclic) bond motifs is 6. The summed E-state index contributed by atoms with van der Waals surface area (Å²) in [5.74, 6) is 3.93. The van der Waals surface area contributed by atoms with Gasteiger partial charge in [0.25, 0.3) is 0 Å². The third-order valence-electron chi connectivity index (χ3n) is 11.0. The third-order valence-corrected chi connectivity index (χ3v) is 11.0. The Morgan fingerprint density at radius 3 is 2.84 bits per heavy atom. The number of hydrogen-bond acceptors (Lipinski definition) is 2. The molecule has 0 aromatic rings. The van der Waals surface area contributed by atoms with Crippen LogP contribution >= 0.6 is 0 Å². The van der Waals surface area contributed by atoms with Crippen LogP contribution in [0.4, 0.5) is 0 Å². The zero-order chi connectivity index (χ0) is 21.5.